The molecule has 0 radical (unpaired) electrons. The number of rotatable bonds is 4. The smallest absolute Gasteiger partial charge is 0.149 e. The maximum absolute atomic E-state index is 14.0. The molecule has 0 atom stereocenters. The van der Waals surface area contributed by atoms with Gasteiger partial charge in [-0.1, -0.05) is 11.6 Å². The zero-order valence-electron chi connectivity index (χ0n) is 9.59. The van der Waals surface area contributed by atoms with Gasteiger partial charge in [-0.25, -0.2) is 4.39 Å². The highest BCUT2D eigenvalue weighted by molar-refractivity contribution is 6.31. The summed E-state index contributed by atoms with van der Waals surface area (Å²) in [6.07, 6.45) is 0.413. The first-order valence-corrected chi connectivity index (χ1v) is 5.93. The minimum Gasteiger partial charge on any atom is -0.496 e. The third-order valence-corrected chi connectivity index (χ3v) is 3.33. The Hall–Kier alpha value is -0.840. The molecule has 94 valence electrons. The first-order valence-electron chi connectivity index (χ1n) is 5.55. The highest BCUT2D eigenvalue weighted by atomic mass is 35.5. The number of benzene rings is 1. The first-order chi connectivity index (χ1) is 8.19. The van der Waals surface area contributed by atoms with Crippen molar-refractivity contribution in [3.8, 4) is 5.75 Å². The number of nitrogens with one attached hydrogen (secondary N) is 1. The Morgan fingerprint density at radius 2 is 2.29 bits per heavy atom. The first kappa shape index (κ1) is 12.6. The summed E-state index contributed by atoms with van der Waals surface area (Å²) in [5.41, 5.74) is 1.28. The van der Waals surface area contributed by atoms with Gasteiger partial charge in [-0.3, -0.25) is 0 Å². The van der Waals surface area contributed by atoms with Gasteiger partial charge in [0.2, 0.25) is 0 Å². The van der Waals surface area contributed by atoms with E-state index in [0.717, 1.165) is 18.7 Å². The van der Waals surface area contributed by atoms with Crippen LogP contribution in [0.2, 0.25) is 5.02 Å². The average Bonchev–Trinajstić information content (AvgIpc) is 2.23. The zero-order valence-corrected chi connectivity index (χ0v) is 10.4. The molecule has 1 aliphatic rings. The lowest BCUT2D eigenvalue weighted by molar-refractivity contribution is 0.295. The van der Waals surface area contributed by atoms with Gasteiger partial charge in [-0.2, -0.15) is 0 Å². The number of methoxy groups -OCH3 is 1. The maximum Gasteiger partial charge on any atom is 0.149 e. The van der Waals surface area contributed by atoms with Gasteiger partial charge in [0.25, 0.3) is 0 Å². The normalized spacial score (nSPS) is 15.8. The molecule has 2 rings (SSSR count). The zero-order chi connectivity index (χ0) is 12.4. The molecule has 0 unspecified atom stereocenters. The van der Waals surface area contributed by atoms with Crippen LogP contribution < -0.4 is 10.1 Å². The standard InChI is InChI=1S/C12H15ClFNO2/c1-17-12-7(2-3-16)4-9(13)11(14)10(12)8-5-15-6-8/h4,8,15-16H,2-3,5-6H2,1H3. The van der Waals surface area contributed by atoms with Gasteiger partial charge in [0.1, 0.15) is 11.6 Å². The fourth-order valence-electron chi connectivity index (χ4n) is 2.09. The Morgan fingerprint density at radius 3 is 2.76 bits per heavy atom. The largest absolute Gasteiger partial charge is 0.496 e. The van der Waals surface area contributed by atoms with E-state index >= 15 is 0 Å². The average molecular weight is 260 g/mol. The molecule has 1 saturated heterocycles. The van der Waals surface area contributed by atoms with Gasteiger partial charge in [0, 0.05) is 31.2 Å². The number of aliphatic hydroxyl groups excluding tert-OH is 1. The summed E-state index contributed by atoms with van der Waals surface area (Å²) in [5, 5.41) is 12.2. The molecule has 3 nitrogen and oxygen atoms in total. The second kappa shape index (κ2) is 5.21. The molecule has 1 fully saturated rings. The minimum atomic E-state index is -0.406. The van der Waals surface area contributed by atoms with Gasteiger partial charge in [-0.15, -0.1) is 0 Å². The van der Waals surface area contributed by atoms with E-state index in [-0.39, 0.29) is 17.5 Å². The van der Waals surface area contributed by atoms with E-state index in [0.29, 0.717) is 17.7 Å². The summed E-state index contributed by atoms with van der Waals surface area (Å²) < 4.78 is 19.3. The monoisotopic (exact) mass is 259 g/mol. The Morgan fingerprint density at radius 1 is 1.59 bits per heavy atom. The minimum absolute atomic E-state index is 0.0132. The Balaban J connectivity index is 2.51. The van der Waals surface area contributed by atoms with Gasteiger partial charge in [0.05, 0.1) is 12.1 Å². The van der Waals surface area contributed by atoms with Crippen molar-refractivity contribution in [2.24, 2.45) is 0 Å². The molecule has 1 heterocycles. The van der Waals surface area contributed by atoms with Crippen molar-refractivity contribution in [1.82, 2.24) is 5.32 Å². The van der Waals surface area contributed by atoms with E-state index in [1.807, 2.05) is 0 Å². The maximum atomic E-state index is 14.0. The summed E-state index contributed by atoms with van der Waals surface area (Å²) in [4.78, 5) is 0. The van der Waals surface area contributed by atoms with Crippen LogP contribution in [0.1, 0.15) is 17.0 Å². The fraction of sp³-hybridized carbons (Fsp3) is 0.500. The van der Waals surface area contributed by atoms with Crippen LogP contribution in [0.5, 0.6) is 5.75 Å². The van der Waals surface area contributed by atoms with Crippen molar-refractivity contribution in [3.63, 3.8) is 0 Å². The van der Waals surface area contributed by atoms with Gasteiger partial charge >= 0.3 is 0 Å². The number of halogens is 2. The van der Waals surface area contributed by atoms with Crippen molar-refractivity contribution < 1.29 is 14.2 Å². The fourth-order valence-corrected chi connectivity index (χ4v) is 2.32. The van der Waals surface area contributed by atoms with Gasteiger partial charge in [-0.05, 0) is 18.1 Å². The number of ether oxygens (including phenoxy) is 1. The van der Waals surface area contributed by atoms with E-state index < -0.39 is 5.82 Å². The second-order valence-corrected chi connectivity index (χ2v) is 4.51. The Bertz CT molecular complexity index is 421. The molecule has 0 saturated carbocycles. The predicted octanol–water partition coefficient (Wildman–Crippen LogP) is 1.71. The highest BCUT2D eigenvalue weighted by Gasteiger charge is 2.29. The molecule has 1 aromatic rings. The van der Waals surface area contributed by atoms with Crippen LogP contribution in [0.25, 0.3) is 0 Å². The Labute approximate surface area is 105 Å². The van der Waals surface area contributed by atoms with Gasteiger partial charge < -0.3 is 15.2 Å². The lowest BCUT2D eigenvalue weighted by Crippen LogP contribution is -2.40. The molecule has 2 N–H and O–H groups in total. The second-order valence-electron chi connectivity index (χ2n) is 4.11. The highest BCUT2D eigenvalue weighted by Crippen LogP contribution is 2.38. The van der Waals surface area contributed by atoms with Crippen LogP contribution in [0.3, 0.4) is 0 Å². The van der Waals surface area contributed by atoms with Crippen LogP contribution in [-0.2, 0) is 6.42 Å². The number of hydrogen-bond acceptors (Lipinski definition) is 3. The molecule has 5 heteroatoms. The van der Waals surface area contributed by atoms with Crippen molar-refractivity contribution in [3.05, 3.63) is 28.0 Å². The van der Waals surface area contributed by atoms with Crippen LogP contribution >= 0.6 is 11.6 Å². The predicted molar refractivity (Wildman–Crippen MR) is 64.4 cm³/mol. The molecule has 0 aliphatic carbocycles. The third kappa shape index (κ3) is 2.25. The third-order valence-electron chi connectivity index (χ3n) is 3.06. The van der Waals surface area contributed by atoms with Crippen LogP contribution in [0.15, 0.2) is 6.07 Å². The summed E-state index contributed by atoms with van der Waals surface area (Å²) >= 11 is 5.88. The molecule has 0 bridgehead atoms. The topological polar surface area (TPSA) is 41.5 Å². The lowest BCUT2D eigenvalue weighted by atomic mass is 9.90. The molecule has 0 spiro atoms. The van der Waals surface area contributed by atoms with Crippen molar-refractivity contribution in [2.75, 3.05) is 26.8 Å². The van der Waals surface area contributed by atoms with Crippen LogP contribution in [0, 0.1) is 5.82 Å². The van der Waals surface area contributed by atoms with E-state index in [2.05, 4.69) is 5.32 Å². The molecule has 17 heavy (non-hydrogen) atoms. The summed E-state index contributed by atoms with van der Waals surface area (Å²) in [6.45, 7) is 1.44. The van der Waals surface area contributed by atoms with E-state index in [1.165, 1.54) is 13.2 Å². The quantitative estimate of drug-likeness (QED) is 0.865. The van der Waals surface area contributed by atoms with Gasteiger partial charge in [0.15, 0.2) is 0 Å². The van der Waals surface area contributed by atoms with E-state index in [4.69, 9.17) is 21.4 Å². The molecular formula is C12H15ClFNO2. The van der Waals surface area contributed by atoms with E-state index in [1.54, 1.807) is 0 Å². The van der Waals surface area contributed by atoms with Crippen LogP contribution in [0.4, 0.5) is 4.39 Å². The summed E-state index contributed by atoms with van der Waals surface area (Å²) in [6, 6.07) is 1.53. The molecule has 1 aromatic carbocycles. The number of aliphatic hydroxyl groups is 1. The van der Waals surface area contributed by atoms with Crippen molar-refractivity contribution in [2.45, 2.75) is 12.3 Å². The SMILES string of the molecule is COc1c(CCO)cc(Cl)c(F)c1C1CNC1. The molecular weight excluding hydrogens is 245 g/mol. The van der Waals surface area contributed by atoms with Crippen molar-refractivity contribution >= 4 is 11.6 Å². The summed E-state index contributed by atoms with van der Waals surface area (Å²) in [7, 11) is 1.51. The van der Waals surface area contributed by atoms with Crippen LogP contribution in [-0.4, -0.2) is 31.9 Å². The molecule has 1 aliphatic heterocycles. The van der Waals surface area contributed by atoms with Crippen molar-refractivity contribution in [1.29, 1.82) is 0 Å². The summed E-state index contributed by atoms with van der Waals surface area (Å²) in [5.74, 6) is 0.213. The molecule has 0 amide bonds. The molecule has 0 aromatic heterocycles. The van der Waals surface area contributed by atoms with E-state index in [9.17, 15) is 4.39 Å². The Kier molecular flexibility index (Phi) is 3.86. The lowest BCUT2D eigenvalue weighted by Gasteiger charge is -2.30. The number of hydrogen-bond donors (Lipinski definition) is 2.